The fourth-order valence-electron chi connectivity index (χ4n) is 1.85. The van der Waals surface area contributed by atoms with Gasteiger partial charge >= 0.3 is 5.97 Å². The molecule has 0 saturated heterocycles. The number of rotatable bonds is 4. The van der Waals surface area contributed by atoms with E-state index in [1.54, 1.807) is 18.2 Å². The van der Waals surface area contributed by atoms with Crippen molar-refractivity contribution in [2.24, 2.45) is 0 Å². The topological polar surface area (TPSA) is 91.4 Å². The summed E-state index contributed by atoms with van der Waals surface area (Å²) in [5.74, 6) is -2.03. The van der Waals surface area contributed by atoms with Gasteiger partial charge in [0.1, 0.15) is 17.1 Å². The average molecular weight is 292 g/mol. The summed E-state index contributed by atoms with van der Waals surface area (Å²) in [5.41, 5.74) is 0.0180. The number of ether oxygens (including phenoxy) is 1. The van der Waals surface area contributed by atoms with Crippen LogP contribution in [0.2, 0.25) is 0 Å². The van der Waals surface area contributed by atoms with Gasteiger partial charge in [-0.25, -0.2) is 9.18 Å². The van der Waals surface area contributed by atoms with Crippen LogP contribution in [-0.4, -0.2) is 23.2 Å². The standard InChI is InChI=1S/C14H13FN2O4/c1-7-3-8(5-9(4-7)21-2)16-12-10(14(19)20)6-11(15)13(18)17-12/h3-6H,1-2H3,(H,19,20)(H2,16,17,18). The monoisotopic (exact) mass is 292 g/mol. The van der Waals surface area contributed by atoms with Crippen molar-refractivity contribution in [1.82, 2.24) is 4.98 Å². The Bertz CT molecular complexity index is 755. The number of anilines is 2. The summed E-state index contributed by atoms with van der Waals surface area (Å²) in [6.07, 6.45) is 0. The van der Waals surface area contributed by atoms with Crippen molar-refractivity contribution in [3.8, 4) is 5.75 Å². The maximum absolute atomic E-state index is 13.2. The number of carbonyl (C=O) groups is 1. The number of H-pyrrole nitrogens is 1. The zero-order valence-corrected chi connectivity index (χ0v) is 11.4. The number of aromatic nitrogens is 1. The molecule has 0 bridgehead atoms. The Labute approximate surface area is 119 Å². The highest BCUT2D eigenvalue weighted by atomic mass is 19.1. The summed E-state index contributed by atoms with van der Waals surface area (Å²) in [5, 5.41) is 11.8. The largest absolute Gasteiger partial charge is 0.497 e. The van der Waals surface area contributed by atoms with Crippen molar-refractivity contribution in [1.29, 1.82) is 0 Å². The maximum Gasteiger partial charge on any atom is 0.339 e. The maximum atomic E-state index is 13.2. The highest BCUT2D eigenvalue weighted by Crippen LogP contribution is 2.24. The number of benzene rings is 1. The van der Waals surface area contributed by atoms with Gasteiger partial charge in [-0.2, -0.15) is 0 Å². The van der Waals surface area contributed by atoms with Crippen LogP contribution in [0.1, 0.15) is 15.9 Å². The molecule has 110 valence electrons. The van der Waals surface area contributed by atoms with Crippen molar-refractivity contribution in [3.63, 3.8) is 0 Å². The minimum Gasteiger partial charge on any atom is -0.497 e. The van der Waals surface area contributed by atoms with Crippen molar-refractivity contribution in [2.75, 3.05) is 12.4 Å². The highest BCUT2D eigenvalue weighted by Gasteiger charge is 2.15. The van der Waals surface area contributed by atoms with Crippen LogP contribution >= 0.6 is 0 Å². The van der Waals surface area contributed by atoms with E-state index in [1.807, 2.05) is 6.92 Å². The number of aromatic carboxylic acids is 1. The smallest absolute Gasteiger partial charge is 0.339 e. The van der Waals surface area contributed by atoms with Crippen molar-refractivity contribution in [3.05, 3.63) is 51.6 Å². The van der Waals surface area contributed by atoms with Crippen molar-refractivity contribution < 1.29 is 19.0 Å². The summed E-state index contributed by atoms with van der Waals surface area (Å²) >= 11 is 0. The molecule has 1 heterocycles. The van der Waals surface area contributed by atoms with Gasteiger partial charge in [-0.3, -0.25) is 4.79 Å². The minimum absolute atomic E-state index is 0.0958. The van der Waals surface area contributed by atoms with Crippen molar-refractivity contribution in [2.45, 2.75) is 6.92 Å². The molecule has 2 aromatic rings. The van der Waals surface area contributed by atoms with E-state index in [9.17, 15) is 14.0 Å². The van der Waals surface area contributed by atoms with Crippen LogP contribution < -0.4 is 15.6 Å². The number of halogens is 1. The van der Waals surface area contributed by atoms with Crippen LogP contribution in [-0.2, 0) is 0 Å². The highest BCUT2D eigenvalue weighted by molar-refractivity contribution is 5.94. The first-order valence-corrected chi connectivity index (χ1v) is 5.99. The molecule has 0 spiro atoms. The van der Waals surface area contributed by atoms with Crippen molar-refractivity contribution >= 4 is 17.5 Å². The molecule has 0 saturated carbocycles. The average Bonchev–Trinajstić information content (AvgIpc) is 2.41. The lowest BCUT2D eigenvalue weighted by Crippen LogP contribution is -2.17. The SMILES string of the molecule is COc1cc(C)cc(Nc2[nH]c(=O)c(F)cc2C(=O)O)c1. The molecule has 0 aliphatic heterocycles. The zero-order chi connectivity index (χ0) is 15.6. The lowest BCUT2D eigenvalue weighted by atomic mass is 10.2. The molecule has 1 aromatic carbocycles. The Morgan fingerprint density at radius 2 is 2.05 bits per heavy atom. The fourth-order valence-corrected chi connectivity index (χ4v) is 1.85. The van der Waals surface area contributed by atoms with Gasteiger partial charge < -0.3 is 20.1 Å². The summed E-state index contributed by atoms with van der Waals surface area (Å²) in [4.78, 5) is 24.6. The van der Waals surface area contributed by atoms with E-state index in [1.165, 1.54) is 7.11 Å². The van der Waals surface area contributed by atoms with Gasteiger partial charge in [0.05, 0.1) is 7.11 Å². The number of nitrogens with one attached hydrogen (secondary N) is 2. The van der Waals surface area contributed by atoms with E-state index in [-0.39, 0.29) is 11.4 Å². The molecule has 0 atom stereocenters. The molecule has 0 amide bonds. The van der Waals surface area contributed by atoms with E-state index in [0.29, 0.717) is 17.5 Å². The molecule has 2 rings (SSSR count). The number of hydrogen-bond acceptors (Lipinski definition) is 4. The van der Waals surface area contributed by atoms with Crippen LogP contribution in [0.25, 0.3) is 0 Å². The summed E-state index contributed by atoms with van der Waals surface area (Å²) in [6.45, 7) is 1.83. The number of pyridine rings is 1. The molecule has 1 aromatic heterocycles. The quantitative estimate of drug-likeness (QED) is 0.804. The summed E-state index contributed by atoms with van der Waals surface area (Å²) in [7, 11) is 1.50. The number of hydrogen-bond donors (Lipinski definition) is 3. The molecule has 0 aliphatic carbocycles. The van der Waals surface area contributed by atoms with Gasteiger partial charge in [0.15, 0.2) is 5.82 Å². The molecule has 3 N–H and O–H groups in total. The fraction of sp³-hybridized carbons (Fsp3) is 0.143. The Morgan fingerprint density at radius 3 is 2.67 bits per heavy atom. The summed E-state index contributed by atoms with van der Waals surface area (Å²) < 4.78 is 18.3. The van der Waals surface area contributed by atoms with Crippen LogP contribution in [0.15, 0.2) is 29.1 Å². The Balaban J connectivity index is 2.48. The number of carboxylic acids is 1. The van der Waals surface area contributed by atoms with Crippen LogP contribution in [0.4, 0.5) is 15.9 Å². The van der Waals surface area contributed by atoms with Gasteiger partial charge in [0, 0.05) is 11.8 Å². The van der Waals surface area contributed by atoms with Crippen LogP contribution in [0, 0.1) is 12.7 Å². The third-order valence-electron chi connectivity index (χ3n) is 2.78. The number of aryl methyl sites for hydroxylation is 1. The van der Waals surface area contributed by atoms with Crippen LogP contribution in [0.5, 0.6) is 5.75 Å². The van der Waals surface area contributed by atoms with E-state index >= 15 is 0 Å². The van der Waals surface area contributed by atoms with Gasteiger partial charge in [-0.15, -0.1) is 0 Å². The van der Waals surface area contributed by atoms with Gasteiger partial charge in [-0.1, -0.05) is 0 Å². The van der Waals surface area contributed by atoms with E-state index in [2.05, 4.69) is 10.3 Å². The minimum atomic E-state index is -1.35. The Kier molecular flexibility index (Phi) is 3.93. The molecule has 6 nitrogen and oxygen atoms in total. The lowest BCUT2D eigenvalue weighted by molar-refractivity contribution is 0.0697. The Hall–Kier alpha value is -2.83. The first-order chi connectivity index (χ1) is 9.90. The number of methoxy groups -OCH3 is 1. The van der Waals surface area contributed by atoms with Crippen LogP contribution in [0.3, 0.4) is 0 Å². The molecule has 7 heteroatoms. The second-order valence-corrected chi connectivity index (χ2v) is 4.40. The molecule has 0 fully saturated rings. The lowest BCUT2D eigenvalue weighted by Gasteiger charge is -2.11. The number of carboxylic acid groups (broad SMARTS) is 1. The predicted molar refractivity (Wildman–Crippen MR) is 75.0 cm³/mol. The van der Waals surface area contributed by atoms with E-state index in [0.717, 1.165) is 5.56 Å². The van der Waals surface area contributed by atoms with Gasteiger partial charge in [0.2, 0.25) is 0 Å². The molecule has 0 unspecified atom stereocenters. The van der Waals surface area contributed by atoms with Gasteiger partial charge in [0.25, 0.3) is 5.56 Å². The molecule has 21 heavy (non-hydrogen) atoms. The zero-order valence-electron chi connectivity index (χ0n) is 11.4. The Morgan fingerprint density at radius 1 is 1.33 bits per heavy atom. The predicted octanol–water partition coefficient (Wildman–Crippen LogP) is 2.27. The molecule has 0 aliphatic rings. The second kappa shape index (κ2) is 5.66. The normalized spacial score (nSPS) is 10.2. The molecule has 0 radical (unpaired) electrons. The first kappa shape index (κ1) is 14.6. The molecular formula is C14H13FN2O4. The third-order valence-corrected chi connectivity index (χ3v) is 2.78. The summed E-state index contributed by atoms with van der Waals surface area (Å²) in [6, 6.07) is 5.82. The third kappa shape index (κ3) is 3.19. The van der Waals surface area contributed by atoms with Gasteiger partial charge in [-0.05, 0) is 30.7 Å². The second-order valence-electron chi connectivity index (χ2n) is 4.40. The first-order valence-electron chi connectivity index (χ1n) is 5.99. The van der Waals surface area contributed by atoms with E-state index < -0.39 is 17.3 Å². The number of aromatic amines is 1. The van der Waals surface area contributed by atoms with E-state index in [4.69, 9.17) is 9.84 Å². The molecular weight excluding hydrogens is 279 g/mol.